The Morgan fingerprint density at radius 1 is 1.25 bits per heavy atom. The molecule has 20 heavy (non-hydrogen) atoms. The van der Waals surface area contributed by atoms with Gasteiger partial charge in [0.05, 0.1) is 5.69 Å². The number of nitrogens with zero attached hydrogens (tertiary/aromatic N) is 4. The molecule has 6 nitrogen and oxygen atoms in total. The molecule has 0 spiro atoms. The van der Waals surface area contributed by atoms with Crippen LogP contribution in [-0.2, 0) is 4.79 Å². The van der Waals surface area contributed by atoms with Crippen molar-refractivity contribution in [3.05, 3.63) is 47.7 Å². The van der Waals surface area contributed by atoms with Crippen LogP contribution in [0.15, 0.2) is 42.0 Å². The van der Waals surface area contributed by atoms with Crippen molar-refractivity contribution in [3.8, 4) is 0 Å². The Kier molecular flexibility index (Phi) is 2.42. The molecule has 0 aromatic carbocycles. The summed E-state index contributed by atoms with van der Waals surface area (Å²) in [4.78, 5) is 21.0. The van der Waals surface area contributed by atoms with Crippen molar-refractivity contribution in [2.75, 3.05) is 5.32 Å². The highest BCUT2D eigenvalue weighted by Crippen LogP contribution is 2.38. The normalized spacial score (nSPS) is 21.2. The van der Waals surface area contributed by atoms with Crippen LogP contribution in [0.5, 0.6) is 0 Å². The van der Waals surface area contributed by atoms with Crippen molar-refractivity contribution in [1.82, 2.24) is 19.7 Å². The van der Waals surface area contributed by atoms with Gasteiger partial charge in [-0.3, -0.25) is 9.78 Å². The van der Waals surface area contributed by atoms with Gasteiger partial charge in [-0.05, 0) is 25.0 Å². The maximum Gasteiger partial charge on any atom is 0.226 e. The van der Waals surface area contributed by atoms with E-state index in [1.165, 1.54) is 6.33 Å². The molecule has 0 radical (unpaired) electrons. The molecule has 1 N–H and O–H groups in total. The molecule has 1 atom stereocenters. The number of Topliss-reactive ketones (excluding diaryl/α,β-unsaturated/α-hetero) is 1. The minimum atomic E-state index is -0.266. The zero-order chi connectivity index (χ0) is 13.5. The number of ketones is 1. The molecule has 0 bridgehead atoms. The van der Waals surface area contributed by atoms with Crippen LogP contribution >= 0.6 is 0 Å². The zero-order valence-corrected chi connectivity index (χ0v) is 10.8. The van der Waals surface area contributed by atoms with E-state index >= 15 is 0 Å². The molecule has 0 fully saturated rings. The second kappa shape index (κ2) is 4.26. The molecule has 6 heteroatoms. The lowest BCUT2D eigenvalue weighted by molar-refractivity contribution is -0.116. The Morgan fingerprint density at radius 3 is 3.05 bits per heavy atom. The van der Waals surface area contributed by atoms with Crippen molar-refractivity contribution >= 4 is 11.7 Å². The number of hydrogen-bond donors (Lipinski definition) is 1. The monoisotopic (exact) mass is 267 g/mol. The van der Waals surface area contributed by atoms with Gasteiger partial charge in [0.15, 0.2) is 5.78 Å². The van der Waals surface area contributed by atoms with Crippen molar-refractivity contribution in [2.24, 2.45) is 0 Å². The zero-order valence-electron chi connectivity index (χ0n) is 10.8. The fourth-order valence-electron chi connectivity index (χ4n) is 2.91. The van der Waals surface area contributed by atoms with Gasteiger partial charge in [-0.25, -0.2) is 4.68 Å². The summed E-state index contributed by atoms with van der Waals surface area (Å²) in [5.41, 5.74) is 2.58. The third-order valence-corrected chi connectivity index (χ3v) is 3.78. The van der Waals surface area contributed by atoms with Gasteiger partial charge in [-0.1, -0.05) is 6.07 Å². The Bertz CT molecular complexity index is 703. The topological polar surface area (TPSA) is 72.7 Å². The predicted octanol–water partition coefficient (Wildman–Crippen LogP) is 1.70. The highest BCUT2D eigenvalue weighted by molar-refractivity contribution is 5.99. The van der Waals surface area contributed by atoms with Crippen LogP contribution in [0.4, 0.5) is 5.95 Å². The molecule has 3 heterocycles. The van der Waals surface area contributed by atoms with Crippen LogP contribution < -0.4 is 5.32 Å². The van der Waals surface area contributed by atoms with Gasteiger partial charge < -0.3 is 5.32 Å². The van der Waals surface area contributed by atoms with Gasteiger partial charge in [-0.15, -0.1) is 0 Å². The van der Waals surface area contributed by atoms with Crippen LogP contribution in [0.1, 0.15) is 31.0 Å². The first kappa shape index (κ1) is 11.3. The number of carbonyl (C=O) groups is 1. The number of fused-ring (bicyclic) bond motifs is 1. The quantitative estimate of drug-likeness (QED) is 0.851. The minimum absolute atomic E-state index is 0.176. The SMILES string of the molecule is O=C1CCCC2=C1[C@H](c1ccccn1)n1ncnc1N2. The summed E-state index contributed by atoms with van der Waals surface area (Å²) in [6.45, 7) is 0. The van der Waals surface area contributed by atoms with Crippen LogP contribution in [-0.4, -0.2) is 25.5 Å². The lowest BCUT2D eigenvalue weighted by Gasteiger charge is -2.31. The van der Waals surface area contributed by atoms with E-state index in [2.05, 4.69) is 20.4 Å². The standard InChI is InChI=1S/C14H13N5O/c20-11-6-3-5-9-12(11)13(10-4-1-2-7-15-10)19-14(18-9)16-8-17-19/h1-2,4,7-8,13H,3,5-6H2,(H,16,17,18)/t13-/m0/s1. The lowest BCUT2D eigenvalue weighted by Crippen LogP contribution is -2.31. The van der Waals surface area contributed by atoms with Crippen molar-refractivity contribution in [3.63, 3.8) is 0 Å². The molecule has 2 aromatic heterocycles. The summed E-state index contributed by atoms with van der Waals surface area (Å²) in [7, 11) is 0. The van der Waals surface area contributed by atoms with E-state index in [4.69, 9.17) is 0 Å². The molecular weight excluding hydrogens is 254 g/mol. The van der Waals surface area contributed by atoms with E-state index in [0.29, 0.717) is 12.4 Å². The number of carbonyl (C=O) groups excluding carboxylic acids is 1. The van der Waals surface area contributed by atoms with Gasteiger partial charge in [-0.2, -0.15) is 10.1 Å². The van der Waals surface area contributed by atoms with Gasteiger partial charge >= 0.3 is 0 Å². The van der Waals surface area contributed by atoms with Gasteiger partial charge in [0.2, 0.25) is 5.95 Å². The molecule has 1 aliphatic carbocycles. The lowest BCUT2D eigenvalue weighted by atomic mass is 9.87. The van der Waals surface area contributed by atoms with Crippen molar-refractivity contribution in [1.29, 1.82) is 0 Å². The molecule has 2 aromatic rings. The summed E-state index contributed by atoms with van der Waals surface area (Å²) in [5, 5.41) is 7.49. The summed E-state index contributed by atoms with van der Waals surface area (Å²) in [6.07, 6.45) is 5.58. The highest BCUT2D eigenvalue weighted by atomic mass is 16.1. The molecule has 0 saturated heterocycles. The number of anilines is 1. The smallest absolute Gasteiger partial charge is 0.226 e. The number of aromatic nitrogens is 4. The number of nitrogens with one attached hydrogen (secondary N) is 1. The molecular formula is C14H13N5O. The molecule has 1 aliphatic heterocycles. The van der Waals surface area contributed by atoms with E-state index in [1.807, 2.05) is 18.2 Å². The van der Waals surface area contributed by atoms with E-state index in [1.54, 1.807) is 10.9 Å². The second-order valence-corrected chi connectivity index (χ2v) is 4.98. The van der Waals surface area contributed by atoms with E-state index in [0.717, 1.165) is 29.8 Å². The summed E-state index contributed by atoms with van der Waals surface area (Å²) in [5.74, 6) is 0.852. The van der Waals surface area contributed by atoms with Gasteiger partial charge in [0.25, 0.3) is 0 Å². The fourth-order valence-corrected chi connectivity index (χ4v) is 2.91. The highest BCUT2D eigenvalue weighted by Gasteiger charge is 2.36. The first-order valence-electron chi connectivity index (χ1n) is 6.68. The average molecular weight is 267 g/mol. The van der Waals surface area contributed by atoms with E-state index < -0.39 is 0 Å². The van der Waals surface area contributed by atoms with Gasteiger partial charge in [0.1, 0.15) is 12.4 Å². The third kappa shape index (κ3) is 1.57. The van der Waals surface area contributed by atoms with Crippen molar-refractivity contribution in [2.45, 2.75) is 25.3 Å². The predicted molar refractivity (Wildman–Crippen MR) is 71.9 cm³/mol. The first-order chi connectivity index (χ1) is 9.84. The second-order valence-electron chi connectivity index (χ2n) is 4.98. The largest absolute Gasteiger partial charge is 0.328 e. The Hall–Kier alpha value is -2.50. The maximum absolute atomic E-state index is 12.4. The summed E-state index contributed by atoms with van der Waals surface area (Å²) < 4.78 is 1.74. The number of pyridine rings is 1. The Labute approximate surface area is 115 Å². The van der Waals surface area contributed by atoms with Crippen molar-refractivity contribution < 1.29 is 4.79 Å². The summed E-state index contributed by atoms with van der Waals surface area (Å²) >= 11 is 0. The van der Waals surface area contributed by atoms with Crippen LogP contribution in [0.25, 0.3) is 0 Å². The fraction of sp³-hybridized carbons (Fsp3) is 0.286. The minimum Gasteiger partial charge on any atom is -0.328 e. The van der Waals surface area contributed by atoms with Crippen LogP contribution in [0.2, 0.25) is 0 Å². The first-order valence-corrected chi connectivity index (χ1v) is 6.68. The Morgan fingerprint density at radius 2 is 2.20 bits per heavy atom. The van der Waals surface area contributed by atoms with Crippen LogP contribution in [0, 0.1) is 0 Å². The number of hydrogen-bond acceptors (Lipinski definition) is 5. The maximum atomic E-state index is 12.4. The Balaban J connectivity index is 1.93. The molecule has 100 valence electrons. The van der Waals surface area contributed by atoms with Gasteiger partial charge in [0, 0.05) is 23.9 Å². The van der Waals surface area contributed by atoms with E-state index in [9.17, 15) is 4.79 Å². The average Bonchev–Trinajstić information content (AvgIpc) is 2.94. The molecule has 0 saturated carbocycles. The molecule has 0 amide bonds. The molecule has 4 rings (SSSR count). The summed E-state index contributed by atoms with van der Waals surface area (Å²) in [6, 6.07) is 5.45. The third-order valence-electron chi connectivity index (χ3n) is 3.78. The number of allylic oxidation sites excluding steroid dienone is 2. The van der Waals surface area contributed by atoms with Crippen LogP contribution in [0.3, 0.4) is 0 Å². The molecule has 2 aliphatic rings. The van der Waals surface area contributed by atoms with E-state index in [-0.39, 0.29) is 11.8 Å². The number of rotatable bonds is 1. The molecule has 0 unspecified atom stereocenters.